The van der Waals surface area contributed by atoms with Crippen molar-refractivity contribution in [2.45, 2.75) is 33.2 Å². The third-order valence-electron chi connectivity index (χ3n) is 3.31. The molecular weight excluding hydrogens is 258 g/mol. The summed E-state index contributed by atoms with van der Waals surface area (Å²) < 4.78 is 5.21. The van der Waals surface area contributed by atoms with Crippen LogP contribution in [0.4, 0.5) is 0 Å². The molecule has 6 heteroatoms. The molecule has 1 aliphatic heterocycles. The van der Waals surface area contributed by atoms with E-state index in [4.69, 9.17) is 4.74 Å². The highest BCUT2D eigenvalue weighted by Crippen LogP contribution is 2.00. The molecule has 1 aliphatic rings. The number of carbonyl (C=O) groups is 2. The number of nitrogens with zero attached hydrogens (tertiary/aromatic N) is 1. The second kappa shape index (κ2) is 8.92. The molecule has 0 radical (unpaired) electrons. The summed E-state index contributed by atoms with van der Waals surface area (Å²) in [5, 5.41) is 5.82. The van der Waals surface area contributed by atoms with Crippen LogP contribution >= 0.6 is 0 Å². The lowest BCUT2D eigenvalue weighted by atomic mass is 10.1. The van der Waals surface area contributed by atoms with E-state index >= 15 is 0 Å². The molecule has 2 N–H and O–H groups in total. The average molecular weight is 285 g/mol. The summed E-state index contributed by atoms with van der Waals surface area (Å²) in [6.07, 6.45) is 0.966. The molecule has 1 heterocycles. The number of morpholine rings is 1. The topological polar surface area (TPSA) is 70.7 Å². The SMILES string of the molecule is CC(C)CCNC(=O)CNC(C)C(=O)N1CCOCC1. The van der Waals surface area contributed by atoms with Crippen LogP contribution in [0.5, 0.6) is 0 Å². The van der Waals surface area contributed by atoms with Crippen LogP contribution in [0.25, 0.3) is 0 Å². The van der Waals surface area contributed by atoms with Gasteiger partial charge in [-0.15, -0.1) is 0 Å². The molecular formula is C14H27N3O3. The van der Waals surface area contributed by atoms with Crippen LogP contribution in [-0.4, -0.2) is 62.1 Å². The lowest BCUT2D eigenvalue weighted by Gasteiger charge is -2.29. The fraction of sp³-hybridized carbons (Fsp3) is 0.857. The maximum absolute atomic E-state index is 12.1. The molecule has 0 bridgehead atoms. The number of rotatable bonds is 7. The van der Waals surface area contributed by atoms with E-state index in [2.05, 4.69) is 24.5 Å². The third kappa shape index (κ3) is 6.34. The summed E-state index contributed by atoms with van der Waals surface area (Å²) in [6, 6.07) is -0.344. The molecule has 1 fully saturated rings. The molecule has 0 aromatic heterocycles. The smallest absolute Gasteiger partial charge is 0.239 e. The second-order valence-electron chi connectivity index (χ2n) is 5.57. The fourth-order valence-corrected chi connectivity index (χ4v) is 1.95. The highest BCUT2D eigenvalue weighted by atomic mass is 16.5. The van der Waals surface area contributed by atoms with Gasteiger partial charge in [-0.1, -0.05) is 13.8 Å². The quantitative estimate of drug-likeness (QED) is 0.690. The zero-order chi connectivity index (χ0) is 15.0. The largest absolute Gasteiger partial charge is 0.378 e. The monoisotopic (exact) mass is 285 g/mol. The van der Waals surface area contributed by atoms with Crippen molar-refractivity contribution in [2.24, 2.45) is 5.92 Å². The van der Waals surface area contributed by atoms with E-state index in [0.29, 0.717) is 38.8 Å². The van der Waals surface area contributed by atoms with E-state index in [1.807, 2.05) is 0 Å². The summed E-state index contributed by atoms with van der Waals surface area (Å²) in [5.74, 6) is 0.542. The summed E-state index contributed by atoms with van der Waals surface area (Å²) in [7, 11) is 0. The standard InChI is InChI=1S/C14H27N3O3/c1-11(2)4-5-15-13(18)10-16-12(3)14(19)17-6-8-20-9-7-17/h11-12,16H,4-10H2,1-3H3,(H,15,18). The first-order valence-electron chi connectivity index (χ1n) is 7.37. The van der Waals surface area contributed by atoms with Crippen molar-refractivity contribution in [3.8, 4) is 0 Å². The maximum Gasteiger partial charge on any atom is 0.239 e. The van der Waals surface area contributed by atoms with Gasteiger partial charge < -0.3 is 15.0 Å². The molecule has 0 aromatic rings. The van der Waals surface area contributed by atoms with E-state index in [-0.39, 0.29) is 24.4 Å². The number of carbonyl (C=O) groups excluding carboxylic acids is 2. The Balaban J connectivity index is 2.19. The van der Waals surface area contributed by atoms with Crippen molar-refractivity contribution < 1.29 is 14.3 Å². The predicted octanol–water partition coefficient (Wildman–Crippen LogP) is -0.0144. The zero-order valence-corrected chi connectivity index (χ0v) is 12.8. The lowest BCUT2D eigenvalue weighted by molar-refractivity contribution is -0.137. The fourth-order valence-electron chi connectivity index (χ4n) is 1.95. The Kier molecular flexibility index (Phi) is 7.54. The van der Waals surface area contributed by atoms with Gasteiger partial charge in [0.05, 0.1) is 25.8 Å². The minimum atomic E-state index is -0.344. The first-order valence-corrected chi connectivity index (χ1v) is 7.37. The predicted molar refractivity (Wildman–Crippen MR) is 77.3 cm³/mol. The van der Waals surface area contributed by atoms with Crippen LogP contribution in [-0.2, 0) is 14.3 Å². The number of nitrogens with one attached hydrogen (secondary N) is 2. The first kappa shape index (κ1) is 16.9. The number of hydrogen-bond acceptors (Lipinski definition) is 4. The zero-order valence-electron chi connectivity index (χ0n) is 12.8. The number of amides is 2. The van der Waals surface area contributed by atoms with Gasteiger partial charge in [0.25, 0.3) is 0 Å². The number of hydrogen-bond donors (Lipinski definition) is 2. The average Bonchev–Trinajstić information content (AvgIpc) is 2.44. The molecule has 1 atom stereocenters. The number of ether oxygens (including phenoxy) is 1. The van der Waals surface area contributed by atoms with Crippen LogP contribution < -0.4 is 10.6 Å². The summed E-state index contributed by atoms with van der Waals surface area (Å²) >= 11 is 0. The van der Waals surface area contributed by atoms with Gasteiger partial charge >= 0.3 is 0 Å². The van der Waals surface area contributed by atoms with Crippen molar-refractivity contribution in [1.82, 2.24) is 15.5 Å². The molecule has 1 rings (SSSR count). The van der Waals surface area contributed by atoms with Crippen molar-refractivity contribution >= 4 is 11.8 Å². The van der Waals surface area contributed by atoms with Gasteiger partial charge in [0.15, 0.2) is 0 Å². The minimum absolute atomic E-state index is 0.0308. The maximum atomic E-state index is 12.1. The van der Waals surface area contributed by atoms with Gasteiger partial charge in [-0.2, -0.15) is 0 Å². The normalized spacial score (nSPS) is 17.1. The van der Waals surface area contributed by atoms with Crippen LogP contribution in [0, 0.1) is 5.92 Å². The molecule has 2 amide bonds. The molecule has 1 unspecified atom stereocenters. The summed E-state index contributed by atoms with van der Waals surface area (Å²) in [6.45, 7) is 9.33. The summed E-state index contributed by atoms with van der Waals surface area (Å²) in [4.78, 5) is 25.5. The third-order valence-corrected chi connectivity index (χ3v) is 3.31. The highest BCUT2D eigenvalue weighted by molar-refractivity contribution is 5.83. The van der Waals surface area contributed by atoms with Gasteiger partial charge in [0.1, 0.15) is 0 Å². The molecule has 0 spiro atoms. The van der Waals surface area contributed by atoms with Crippen molar-refractivity contribution in [3.05, 3.63) is 0 Å². The first-order chi connectivity index (χ1) is 9.50. The van der Waals surface area contributed by atoms with Crippen molar-refractivity contribution in [1.29, 1.82) is 0 Å². The molecule has 1 saturated heterocycles. The summed E-state index contributed by atoms with van der Waals surface area (Å²) in [5.41, 5.74) is 0. The van der Waals surface area contributed by atoms with Crippen molar-refractivity contribution in [2.75, 3.05) is 39.4 Å². The molecule has 0 aromatic carbocycles. The Morgan fingerprint density at radius 3 is 2.45 bits per heavy atom. The van der Waals surface area contributed by atoms with Crippen LogP contribution in [0.15, 0.2) is 0 Å². The van der Waals surface area contributed by atoms with E-state index in [0.717, 1.165) is 6.42 Å². The molecule has 0 aliphatic carbocycles. The Labute approximate surface area is 121 Å². The Bertz CT molecular complexity index is 315. The minimum Gasteiger partial charge on any atom is -0.378 e. The van der Waals surface area contributed by atoms with Crippen LogP contribution in [0.3, 0.4) is 0 Å². The molecule has 20 heavy (non-hydrogen) atoms. The van der Waals surface area contributed by atoms with E-state index < -0.39 is 0 Å². The van der Waals surface area contributed by atoms with Crippen LogP contribution in [0.2, 0.25) is 0 Å². The van der Waals surface area contributed by atoms with E-state index in [1.165, 1.54) is 0 Å². The van der Waals surface area contributed by atoms with Gasteiger partial charge in [-0.3, -0.25) is 14.9 Å². The Morgan fingerprint density at radius 1 is 1.20 bits per heavy atom. The van der Waals surface area contributed by atoms with Gasteiger partial charge in [-0.05, 0) is 19.3 Å². The lowest BCUT2D eigenvalue weighted by Crippen LogP contribution is -2.50. The van der Waals surface area contributed by atoms with Crippen molar-refractivity contribution in [3.63, 3.8) is 0 Å². The molecule has 0 saturated carbocycles. The highest BCUT2D eigenvalue weighted by Gasteiger charge is 2.22. The Morgan fingerprint density at radius 2 is 1.85 bits per heavy atom. The van der Waals surface area contributed by atoms with E-state index in [1.54, 1.807) is 11.8 Å². The van der Waals surface area contributed by atoms with E-state index in [9.17, 15) is 9.59 Å². The van der Waals surface area contributed by atoms with Gasteiger partial charge in [0, 0.05) is 19.6 Å². The van der Waals surface area contributed by atoms with Crippen LogP contribution in [0.1, 0.15) is 27.2 Å². The second-order valence-corrected chi connectivity index (χ2v) is 5.57. The Hall–Kier alpha value is -1.14. The molecule has 6 nitrogen and oxygen atoms in total. The van der Waals surface area contributed by atoms with Gasteiger partial charge in [0.2, 0.25) is 11.8 Å². The molecule has 116 valence electrons. The van der Waals surface area contributed by atoms with Gasteiger partial charge in [-0.25, -0.2) is 0 Å².